The molecule has 0 spiro atoms. The molecule has 0 aliphatic rings. The van der Waals surface area contributed by atoms with Crippen LogP contribution in [-0.4, -0.2) is 19.8 Å². The maximum atomic E-state index is 14.1. The largest absolute Gasteiger partial charge is 0.380 e. The first kappa shape index (κ1) is 15.9. The lowest BCUT2D eigenvalue weighted by atomic mass is 10.1. The average molecular weight is 339 g/mol. The minimum Gasteiger partial charge on any atom is -0.380 e. The lowest BCUT2D eigenvalue weighted by Gasteiger charge is -2.20. The highest BCUT2D eigenvalue weighted by Gasteiger charge is 2.18. The molecule has 2 nitrogen and oxygen atoms in total. The lowest BCUT2D eigenvalue weighted by molar-refractivity contribution is 0.122. The van der Waals surface area contributed by atoms with E-state index in [0.29, 0.717) is 23.2 Å². The molecule has 0 amide bonds. The molecule has 1 unspecified atom stereocenters. The van der Waals surface area contributed by atoms with Crippen molar-refractivity contribution in [3.05, 3.63) is 33.0 Å². The van der Waals surface area contributed by atoms with Gasteiger partial charge in [0, 0.05) is 16.6 Å². The third-order valence-electron chi connectivity index (χ3n) is 2.57. The second-order valence-corrected chi connectivity index (χ2v) is 5.16. The van der Waals surface area contributed by atoms with Crippen molar-refractivity contribution in [1.82, 2.24) is 5.32 Å². The van der Waals surface area contributed by atoms with E-state index in [1.54, 1.807) is 12.1 Å². The Balaban J connectivity index is 2.93. The molecule has 1 rings (SSSR count). The molecule has 1 atom stereocenters. The monoisotopic (exact) mass is 337 g/mol. The van der Waals surface area contributed by atoms with Crippen LogP contribution < -0.4 is 5.32 Å². The second-order valence-electron chi connectivity index (χ2n) is 3.93. The summed E-state index contributed by atoms with van der Waals surface area (Å²) in [6.45, 7) is 5.84. The summed E-state index contributed by atoms with van der Waals surface area (Å²) in [7, 11) is 0. The van der Waals surface area contributed by atoms with Crippen LogP contribution in [0.4, 0.5) is 4.39 Å². The quantitative estimate of drug-likeness (QED) is 0.748. The second kappa shape index (κ2) is 8.10. The third-order valence-corrected chi connectivity index (χ3v) is 3.83. The van der Waals surface area contributed by atoms with E-state index < -0.39 is 0 Å². The number of nitrogens with one attached hydrogen (secondary N) is 1. The summed E-state index contributed by atoms with van der Waals surface area (Å²) in [5, 5.41) is 3.39. The smallest absolute Gasteiger partial charge is 0.147 e. The number of hydrogen-bond donors (Lipinski definition) is 1. The molecule has 18 heavy (non-hydrogen) atoms. The number of benzene rings is 1. The number of ether oxygens (including phenoxy) is 1. The maximum Gasteiger partial charge on any atom is 0.147 e. The topological polar surface area (TPSA) is 21.3 Å². The van der Waals surface area contributed by atoms with Crippen molar-refractivity contribution in [1.29, 1.82) is 0 Å². The highest BCUT2D eigenvalue weighted by molar-refractivity contribution is 9.10. The zero-order valence-electron chi connectivity index (χ0n) is 10.6. The zero-order chi connectivity index (χ0) is 13.5. The molecule has 0 heterocycles. The Kier molecular flexibility index (Phi) is 7.15. The fraction of sp³-hybridized carbons (Fsp3) is 0.538. The Morgan fingerprint density at radius 1 is 1.44 bits per heavy atom. The highest BCUT2D eigenvalue weighted by Crippen LogP contribution is 2.30. The van der Waals surface area contributed by atoms with Gasteiger partial charge in [0.15, 0.2) is 0 Å². The maximum absolute atomic E-state index is 14.1. The van der Waals surface area contributed by atoms with Gasteiger partial charge in [0.25, 0.3) is 0 Å². The van der Waals surface area contributed by atoms with E-state index in [-0.39, 0.29) is 16.9 Å². The number of rotatable bonds is 7. The standard InChI is InChI=1S/C13H18BrClFNO/c1-3-7-17-11(8-18-4-2)9-5-6-10(14)12(15)13(9)16/h5-6,11,17H,3-4,7-8H2,1-2H3. The van der Waals surface area contributed by atoms with Gasteiger partial charge >= 0.3 is 0 Å². The summed E-state index contributed by atoms with van der Waals surface area (Å²) in [6.07, 6.45) is 0.981. The first-order chi connectivity index (χ1) is 8.61. The van der Waals surface area contributed by atoms with Crippen LogP contribution in [0.1, 0.15) is 31.9 Å². The van der Waals surface area contributed by atoms with Crippen LogP contribution in [0.5, 0.6) is 0 Å². The van der Waals surface area contributed by atoms with Crippen molar-refractivity contribution in [2.45, 2.75) is 26.3 Å². The first-order valence-corrected chi connectivity index (χ1v) is 7.23. The van der Waals surface area contributed by atoms with Crippen molar-refractivity contribution in [2.75, 3.05) is 19.8 Å². The Bertz CT molecular complexity index is 381. The van der Waals surface area contributed by atoms with Crippen LogP contribution in [0.2, 0.25) is 5.02 Å². The number of halogens is 3. The molecule has 0 aromatic heterocycles. The van der Waals surface area contributed by atoms with Gasteiger partial charge in [0.1, 0.15) is 5.82 Å². The molecular formula is C13H18BrClFNO. The van der Waals surface area contributed by atoms with Crippen LogP contribution in [-0.2, 0) is 4.74 Å². The van der Waals surface area contributed by atoms with Crippen LogP contribution in [0, 0.1) is 5.82 Å². The van der Waals surface area contributed by atoms with Gasteiger partial charge in [-0.1, -0.05) is 24.6 Å². The first-order valence-electron chi connectivity index (χ1n) is 6.06. The summed E-state index contributed by atoms with van der Waals surface area (Å²) >= 11 is 9.12. The van der Waals surface area contributed by atoms with Crippen LogP contribution in [0.25, 0.3) is 0 Å². The molecule has 5 heteroatoms. The molecule has 102 valence electrons. The Morgan fingerprint density at radius 3 is 2.78 bits per heavy atom. The van der Waals surface area contributed by atoms with E-state index in [0.717, 1.165) is 13.0 Å². The van der Waals surface area contributed by atoms with Crippen molar-refractivity contribution >= 4 is 27.5 Å². The Morgan fingerprint density at radius 2 is 2.17 bits per heavy atom. The average Bonchev–Trinajstić information content (AvgIpc) is 2.37. The third kappa shape index (κ3) is 4.19. The Hall–Kier alpha value is -0.160. The normalized spacial score (nSPS) is 12.7. The summed E-state index contributed by atoms with van der Waals surface area (Å²) in [6, 6.07) is 3.32. The number of hydrogen-bond acceptors (Lipinski definition) is 2. The summed E-state index contributed by atoms with van der Waals surface area (Å²) in [4.78, 5) is 0. The predicted octanol–water partition coefficient (Wildman–Crippen LogP) is 4.32. The summed E-state index contributed by atoms with van der Waals surface area (Å²) in [5.74, 6) is -0.389. The van der Waals surface area contributed by atoms with Gasteiger partial charge in [-0.2, -0.15) is 0 Å². The molecule has 0 aliphatic carbocycles. The van der Waals surface area contributed by atoms with E-state index in [1.807, 2.05) is 6.92 Å². The van der Waals surface area contributed by atoms with E-state index in [4.69, 9.17) is 16.3 Å². The lowest BCUT2D eigenvalue weighted by Crippen LogP contribution is -2.27. The predicted molar refractivity (Wildman–Crippen MR) is 76.6 cm³/mol. The molecule has 0 aliphatic heterocycles. The highest BCUT2D eigenvalue weighted by atomic mass is 79.9. The Labute approximate surface area is 121 Å². The molecule has 0 bridgehead atoms. The van der Waals surface area contributed by atoms with Gasteiger partial charge < -0.3 is 10.1 Å². The van der Waals surface area contributed by atoms with Gasteiger partial charge in [-0.15, -0.1) is 0 Å². The van der Waals surface area contributed by atoms with E-state index in [9.17, 15) is 4.39 Å². The van der Waals surface area contributed by atoms with E-state index in [1.165, 1.54) is 0 Å². The fourth-order valence-corrected chi connectivity index (χ4v) is 2.10. The molecule has 0 saturated heterocycles. The van der Waals surface area contributed by atoms with E-state index in [2.05, 4.69) is 28.2 Å². The van der Waals surface area contributed by atoms with Crippen LogP contribution in [0.15, 0.2) is 16.6 Å². The van der Waals surface area contributed by atoms with Crippen LogP contribution >= 0.6 is 27.5 Å². The van der Waals surface area contributed by atoms with Crippen molar-refractivity contribution < 1.29 is 9.13 Å². The van der Waals surface area contributed by atoms with Gasteiger partial charge in [0.2, 0.25) is 0 Å². The molecule has 0 radical (unpaired) electrons. The molecule has 0 fully saturated rings. The molecule has 1 aromatic carbocycles. The van der Waals surface area contributed by atoms with Crippen molar-refractivity contribution in [3.8, 4) is 0 Å². The van der Waals surface area contributed by atoms with Crippen molar-refractivity contribution in [3.63, 3.8) is 0 Å². The van der Waals surface area contributed by atoms with Gasteiger partial charge in [-0.25, -0.2) is 4.39 Å². The minimum absolute atomic E-state index is 0.118. The summed E-state index contributed by atoms with van der Waals surface area (Å²) < 4.78 is 20.1. The van der Waals surface area contributed by atoms with Gasteiger partial charge in [0.05, 0.1) is 17.7 Å². The van der Waals surface area contributed by atoms with Crippen LogP contribution in [0.3, 0.4) is 0 Å². The fourth-order valence-electron chi connectivity index (χ4n) is 1.62. The molecular weight excluding hydrogens is 321 g/mol. The molecule has 1 aromatic rings. The molecule has 0 saturated carbocycles. The summed E-state index contributed by atoms with van der Waals surface area (Å²) in [5.41, 5.74) is 0.546. The van der Waals surface area contributed by atoms with Crippen molar-refractivity contribution in [2.24, 2.45) is 0 Å². The molecule has 1 N–H and O–H groups in total. The zero-order valence-corrected chi connectivity index (χ0v) is 12.9. The minimum atomic E-state index is -0.389. The SMILES string of the molecule is CCCNC(COCC)c1ccc(Br)c(Cl)c1F. The van der Waals surface area contributed by atoms with E-state index >= 15 is 0 Å². The van der Waals surface area contributed by atoms with Gasteiger partial charge in [-0.05, 0) is 41.9 Å². The van der Waals surface area contributed by atoms with Gasteiger partial charge in [-0.3, -0.25) is 0 Å².